The Morgan fingerprint density at radius 2 is 0.868 bits per heavy atom. The van der Waals surface area contributed by atoms with Crippen molar-refractivity contribution in [2.45, 2.75) is 65.1 Å². The molecule has 0 bridgehead atoms. The smallest absolute Gasteiger partial charge is 0.261 e. The minimum absolute atomic E-state index is 0.0594. The van der Waals surface area contributed by atoms with Crippen LogP contribution in [0.15, 0.2) is 198 Å². The maximum absolute atomic E-state index is 13.7. The number of carbonyl (C=O) groups is 4. The van der Waals surface area contributed by atoms with Crippen LogP contribution in [0.5, 0.6) is 0 Å². The molecule has 2 aliphatic carbocycles. The molecule has 2 atom stereocenters. The molecule has 7 aromatic rings. The van der Waals surface area contributed by atoms with Crippen LogP contribution in [-0.2, 0) is 50.1 Å². The molecule has 0 aliphatic heterocycles. The first-order valence-electron chi connectivity index (χ1n) is 22.2. The first kappa shape index (κ1) is 47.5. The van der Waals surface area contributed by atoms with E-state index in [9.17, 15) is 27.6 Å². The highest BCUT2D eigenvalue weighted by Crippen LogP contribution is 2.33. The van der Waals surface area contributed by atoms with Crippen LogP contribution in [-0.4, -0.2) is 43.1 Å². The Kier molecular flexibility index (Phi) is 14.9. The van der Waals surface area contributed by atoms with Gasteiger partial charge in [-0.3, -0.25) is 19.2 Å². The van der Waals surface area contributed by atoms with Gasteiger partial charge in [-0.25, -0.2) is 8.42 Å². The van der Waals surface area contributed by atoms with Gasteiger partial charge in [-0.1, -0.05) is 115 Å². The molecule has 4 N–H and O–H groups in total. The van der Waals surface area contributed by atoms with Crippen LogP contribution >= 0.6 is 22.4 Å². The summed E-state index contributed by atoms with van der Waals surface area (Å²) in [7, 11) is 1.50. The molecular weight excluding hydrogens is 912 g/mol. The predicted molar refractivity (Wildman–Crippen MR) is 269 cm³/mol. The van der Waals surface area contributed by atoms with Crippen LogP contribution in [0.25, 0.3) is 0 Å². The van der Waals surface area contributed by atoms with Gasteiger partial charge in [0.25, 0.3) is 20.9 Å². The number of carbonyl (C=O) groups excluding carboxylic acids is 4. The van der Waals surface area contributed by atoms with E-state index in [1.165, 1.54) is 35.4 Å². The summed E-state index contributed by atoms with van der Waals surface area (Å²) >= 11 is 1.76. The van der Waals surface area contributed by atoms with Crippen molar-refractivity contribution >= 4 is 66.5 Å². The Morgan fingerprint density at radius 3 is 1.29 bits per heavy atom. The van der Waals surface area contributed by atoms with Crippen LogP contribution in [0.4, 0.5) is 11.4 Å². The molecule has 13 heteroatoms. The molecule has 7 aromatic carbocycles. The van der Waals surface area contributed by atoms with Crippen molar-refractivity contribution in [2.75, 3.05) is 10.6 Å². The third-order valence-electron chi connectivity index (χ3n) is 12.3. The second-order valence-corrected chi connectivity index (χ2v) is 20.5. The zero-order valence-electron chi connectivity index (χ0n) is 37.0. The van der Waals surface area contributed by atoms with Gasteiger partial charge in [-0.15, -0.1) is 11.8 Å². The Morgan fingerprint density at radius 1 is 0.485 bits per heavy atom. The van der Waals surface area contributed by atoms with Gasteiger partial charge in [0.2, 0.25) is 11.8 Å². The molecule has 0 saturated heterocycles. The fraction of sp³-hybridized carbons (Fsp3) is 0.164. The lowest BCUT2D eigenvalue weighted by Gasteiger charge is -2.37. The van der Waals surface area contributed by atoms with Gasteiger partial charge in [0.15, 0.2) is 0 Å². The van der Waals surface area contributed by atoms with E-state index in [1.807, 2.05) is 109 Å². The van der Waals surface area contributed by atoms with E-state index < -0.39 is 20.1 Å². The molecular formula is C55H49ClN4O6S2. The number of hydrogen-bond donors (Lipinski definition) is 4. The van der Waals surface area contributed by atoms with Crippen molar-refractivity contribution in [3.63, 3.8) is 0 Å². The third kappa shape index (κ3) is 11.7. The normalized spacial score (nSPS) is 17.1. The van der Waals surface area contributed by atoms with E-state index in [1.54, 1.807) is 48.2 Å². The monoisotopic (exact) mass is 960 g/mol. The zero-order valence-corrected chi connectivity index (χ0v) is 39.4. The largest absolute Gasteiger partial charge is 0.337 e. The van der Waals surface area contributed by atoms with E-state index in [0.717, 1.165) is 39.4 Å². The molecule has 0 fully saturated rings. The Bertz CT molecular complexity index is 3020. The van der Waals surface area contributed by atoms with Gasteiger partial charge < -0.3 is 21.3 Å². The van der Waals surface area contributed by atoms with Crippen molar-refractivity contribution < 1.29 is 27.6 Å². The van der Waals surface area contributed by atoms with Crippen LogP contribution in [0, 0.1) is 0 Å². The topological polar surface area (TPSA) is 151 Å². The molecule has 0 heterocycles. The first-order valence-corrected chi connectivity index (χ1v) is 25.5. The average molecular weight is 962 g/mol. The van der Waals surface area contributed by atoms with Crippen LogP contribution in [0.2, 0.25) is 0 Å². The van der Waals surface area contributed by atoms with Crippen molar-refractivity contribution in [1.82, 2.24) is 10.6 Å². The molecule has 2 unspecified atom stereocenters. The van der Waals surface area contributed by atoms with Gasteiger partial charge in [-0.05, 0) is 126 Å². The predicted octanol–water partition coefficient (Wildman–Crippen LogP) is 10.2. The number of halogens is 1. The van der Waals surface area contributed by atoms with E-state index in [2.05, 4.69) is 39.5 Å². The summed E-state index contributed by atoms with van der Waals surface area (Å²) in [6.07, 6.45) is 3.15. The lowest BCUT2D eigenvalue weighted by atomic mass is 9.77. The lowest BCUT2D eigenvalue weighted by Crippen LogP contribution is -2.59. The summed E-state index contributed by atoms with van der Waals surface area (Å²) in [5, 5.41) is 12.0. The summed E-state index contributed by atoms with van der Waals surface area (Å²) in [6.45, 7) is 0. The molecule has 0 saturated carbocycles. The van der Waals surface area contributed by atoms with Crippen molar-refractivity contribution in [2.24, 2.45) is 0 Å². The zero-order chi connectivity index (χ0) is 47.6. The molecule has 2 aliphatic rings. The number of thioether (sulfide) groups is 1. The van der Waals surface area contributed by atoms with Gasteiger partial charge >= 0.3 is 0 Å². The summed E-state index contributed by atoms with van der Waals surface area (Å²) in [5.41, 5.74) is 5.72. The number of rotatable bonds is 12. The van der Waals surface area contributed by atoms with Crippen molar-refractivity contribution in [3.8, 4) is 0 Å². The van der Waals surface area contributed by atoms with E-state index in [-0.39, 0.29) is 28.5 Å². The summed E-state index contributed by atoms with van der Waals surface area (Å²) in [4.78, 5) is 54.4. The SMILES string of the molecule is O=C(NC1(C(=O)Nc2ccc(S(=O)(=O)Cl)cc2)CCc2ccccc2C1)c1ccccc1.O=C(NC1(C(=O)Nc2ccc(SCc3ccccc3)cc2)CCc2ccccc2C1)c1ccccc1. The van der Waals surface area contributed by atoms with E-state index in [4.69, 9.17) is 10.7 Å². The molecule has 0 spiro atoms. The standard InChI is InChI=1S/C31H28N2O2S.C24H21ClN2O4S/c34-29(25-12-5-2-6-13-25)33-31(20-19-24-11-7-8-14-26(24)21-31)30(35)32-27-15-17-28(18-16-27)36-22-23-9-3-1-4-10-23;25-32(30,31)21-12-10-20(11-13-21)26-23(29)24(27-22(28)18-7-2-1-3-8-18)15-14-17-6-4-5-9-19(17)16-24/h1-18H,19-22H2,(H,32,35)(H,33,34);1-13H,14-16H2,(H,26,29)(H,27,28). The number of fused-ring (bicyclic) bond motifs is 2. The molecule has 10 nitrogen and oxygen atoms in total. The molecule has 4 amide bonds. The summed E-state index contributed by atoms with van der Waals surface area (Å²) in [6, 6.07) is 57.7. The number of amides is 4. The van der Waals surface area contributed by atoms with Crippen LogP contribution in [0.1, 0.15) is 61.4 Å². The average Bonchev–Trinajstić information content (AvgIpc) is 3.37. The lowest BCUT2D eigenvalue weighted by molar-refractivity contribution is -0.123. The first-order chi connectivity index (χ1) is 32.9. The molecule has 344 valence electrons. The van der Waals surface area contributed by atoms with Gasteiger partial charge in [0, 0.05) is 56.7 Å². The highest BCUT2D eigenvalue weighted by molar-refractivity contribution is 8.13. The quantitative estimate of drug-likeness (QED) is 0.0703. The molecule has 0 aromatic heterocycles. The minimum atomic E-state index is -3.86. The number of nitrogens with one attached hydrogen (secondary N) is 4. The Hall–Kier alpha value is -6.99. The maximum Gasteiger partial charge on any atom is 0.261 e. The van der Waals surface area contributed by atoms with Crippen molar-refractivity contribution in [3.05, 3.63) is 227 Å². The van der Waals surface area contributed by atoms with Crippen molar-refractivity contribution in [1.29, 1.82) is 0 Å². The third-order valence-corrected chi connectivity index (χ3v) is 14.7. The van der Waals surface area contributed by atoms with Gasteiger partial charge in [-0.2, -0.15) is 0 Å². The fourth-order valence-electron chi connectivity index (χ4n) is 8.52. The number of anilines is 2. The molecule has 9 rings (SSSR count). The highest BCUT2D eigenvalue weighted by atomic mass is 35.7. The fourth-order valence-corrected chi connectivity index (χ4v) is 10.1. The van der Waals surface area contributed by atoms with E-state index in [0.29, 0.717) is 48.9 Å². The molecule has 68 heavy (non-hydrogen) atoms. The summed E-state index contributed by atoms with van der Waals surface area (Å²) in [5.74, 6) is -0.231. The Balaban J connectivity index is 0.000000185. The molecule has 0 radical (unpaired) electrons. The van der Waals surface area contributed by atoms with E-state index >= 15 is 0 Å². The van der Waals surface area contributed by atoms with Gasteiger partial charge in [0.1, 0.15) is 11.1 Å². The minimum Gasteiger partial charge on any atom is -0.337 e. The number of aryl methyl sites for hydroxylation is 2. The van der Waals surface area contributed by atoms with Crippen LogP contribution < -0.4 is 21.3 Å². The summed E-state index contributed by atoms with van der Waals surface area (Å²) < 4.78 is 22.9. The Labute approximate surface area is 405 Å². The van der Waals surface area contributed by atoms with Crippen LogP contribution in [0.3, 0.4) is 0 Å². The second-order valence-electron chi connectivity index (χ2n) is 16.9. The second kappa shape index (κ2) is 21.3. The number of hydrogen-bond acceptors (Lipinski definition) is 7. The van der Waals surface area contributed by atoms with Gasteiger partial charge in [0.05, 0.1) is 4.90 Å². The maximum atomic E-state index is 13.7. The number of benzene rings is 7. The highest BCUT2D eigenvalue weighted by Gasteiger charge is 2.44.